The van der Waals surface area contributed by atoms with E-state index in [2.05, 4.69) is 0 Å². The molecule has 1 atom stereocenters. The van der Waals surface area contributed by atoms with Gasteiger partial charge >= 0.3 is 0 Å². The van der Waals surface area contributed by atoms with Gasteiger partial charge in [0.1, 0.15) is 11.6 Å². The highest BCUT2D eigenvalue weighted by atomic mass is 32.2. The van der Waals surface area contributed by atoms with Crippen molar-refractivity contribution in [2.24, 2.45) is 0 Å². The Bertz CT molecular complexity index is 584. The molecular formula is C16H17FO2S. The summed E-state index contributed by atoms with van der Waals surface area (Å²) >= 11 is 1.48. The minimum absolute atomic E-state index is 0.243. The van der Waals surface area contributed by atoms with Crippen LogP contribution >= 0.6 is 11.8 Å². The zero-order chi connectivity index (χ0) is 14.5. The molecule has 2 aromatic rings. The highest BCUT2D eigenvalue weighted by Crippen LogP contribution is 2.32. The van der Waals surface area contributed by atoms with E-state index in [1.54, 1.807) is 20.1 Å². The highest BCUT2D eigenvalue weighted by molar-refractivity contribution is 7.99. The number of aliphatic hydroxyl groups excluding tert-OH is 1. The second-order valence-electron chi connectivity index (χ2n) is 4.59. The number of rotatable bonds is 5. The first-order chi connectivity index (χ1) is 9.58. The molecule has 0 amide bonds. The fourth-order valence-corrected chi connectivity index (χ4v) is 2.83. The predicted molar refractivity (Wildman–Crippen MR) is 78.9 cm³/mol. The minimum Gasteiger partial charge on any atom is -0.496 e. The summed E-state index contributed by atoms with van der Waals surface area (Å²) in [6, 6.07) is 12.3. The van der Waals surface area contributed by atoms with E-state index in [4.69, 9.17) is 4.74 Å². The van der Waals surface area contributed by atoms with Crippen molar-refractivity contribution in [2.75, 3.05) is 7.11 Å². The van der Waals surface area contributed by atoms with Crippen molar-refractivity contribution < 1.29 is 14.2 Å². The Labute approximate surface area is 122 Å². The lowest BCUT2D eigenvalue weighted by atomic mass is 10.1. The minimum atomic E-state index is -0.411. The van der Waals surface area contributed by atoms with Gasteiger partial charge in [0.2, 0.25) is 0 Å². The third-order valence-corrected chi connectivity index (χ3v) is 3.78. The van der Waals surface area contributed by atoms with Crippen LogP contribution in [0.1, 0.15) is 12.5 Å². The standard InChI is InChI=1S/C16H17FO2S/c1-11(18)8-12-6-7-15(10-16(12)19-2)20-14-5-3-4-13(17)9-14/h3-7,9-11,18H,8H2,1-2H3. The van der Waals surface area contributed by atoms with Gasteiger partial charge in [-0.05, 0) is 42.8 Å². The molecule has 0 spiro atoms. The fourth-order valence-electron chi connectivity index (χ4n) is 1.94. The summed E-state index contributed by atoms with van der Waals surface area (Å²) in [5.41, 5.74) is 0.964. The van der Waals surface area contributed by atoms with Crippen molar-refractivity contribution in [1.82, 2.24) is 0 Å². The van der Waals surface area contributed by atoms with E-state index in [0.29, 0.717) is 6.42 Å². The van der Waals surface area contributed by atoms with Crippen LogP contribution in [0.2, 0.25) is 0 Å². The van der Waals surface area contributed by atoms with Gasteiger partial charge in [0.15, 0.2) is 0 Å². The second-order valence-corrected chi connectivity index (χ2v) is 5.73. The van der Waals surface area contributed by atoms with Crippen molar-refractivity contribution in [1.29, 1.82) is 0 Å². The summed E-state index contributed by atoms with van der Waals surface area (Å²) in [7, 11) is 1.61. The zero-order valence-electron chi connectivity index (χ0n) is 11.5. The van der Waals surface area contributed by atoms with E-state index in [9.17, 15) is 9.50 Å². The Morgan fingerprint density at radius 3 is 2.60 bits per heavy atom. The van der Waals surface area contributed by atoms with Gasteiger partial charge in [0.25, 0.3) is 0 Å². The van der Waals surface area contributed by atoms with Crippen LogP contribution in [0.15, 0.2) is 52.3 Å². The molecule has 0 fully saturated rings. The molecule has 1 N–H and O–H groups in total. The molecule has 0 aliphatic carbocycles. The van der Waals surface area contributed by atoms with Crippen molar-refractivity contribution >= 4 is 11.8 Å². The Morgan fingerprint density at radius 1 is 1.20 bits per heavy atom. The van der Waals surface area contributed by atoms with Crippen molar-refractivity contribution in [3.8, 4) is 5.75 Å². The van der Waals surface area contributed by atoms with Crippen LogP contribution in [0, 0.1) is 5.82 Å². The van der Waals surface area contributed by atoms with E-state index < -0.39 is 6.10 Å². The summed E-state index contributed by atoms with van der Waals surface area (Å²) < 4.78 is 18.5. The molecule has 0 radical (unpaired) electrons. The van der Waals surface area contributed by atoms with E-state index in [1.807, 2.05) is 24.3 Å². The van der Waals surface area contributed by atoms with Crippen molar-refractivity contribution in [3.63, 3.8) is 0 Å². The van der Waals surface area contributed by atoms with Crippen LogP contribution in [0.4, 0.5) is 4.39 Å². The maximum absolute atomic E-state index is 13.2. The Kier molecular flexibility index (Phi) is 5.04. The molecular weight excluding hydrogens is 275 g/mol. The maximum atomic E-state index is 13.2. The molecule has 0 aliphatic heterocycles. The Balaban J connectivity index is 2.21. The first-order valence-corrected chi connectivity index (χ1v) is 7.18. The third kappa shape index (κ3) is 3.99. The van der Waals surface area contributed by atoms with E-state index in [1.165, 1.54) is 23.9 Å². The monoisotopic (exact) mass is 292 g/mol. The van der Waals surface area contributed by atoms with Crippen LogP contribution in [0.3, 0.4) is 0 Å². The maximum Gasteiger partial charge on any atom is 0.124 e. The molecule has 0 aliphatic rings. The summed E-state index contributed by atoms with van der Waals surface area (Å²) in [6.45, 7) is 1.74. The van der Waals surface area contributed by atoms with Gasteiger partial charge in [-0.2, -0.15) is 0 Å². The number of methoxy groups -OCH3 is 1. The molecule has 0 heterocycles. The van der Waals surface area contributed by atoms with Crippen LogP contribution in [-0.2, 0) is 6.42 Å². The fraction of sp³-hybridized carbons (Fsp3) is 0.250. The molecule has 2 aromatic carbocycles. The lowest BCUT2D eigenvalue weighted by Crippen LogP contribution is -2.05. The molecule has 0 bridgehead atoms. The lowest BCUT2D eigenvalue weighted by molar-refractivity contribution is 0.194. The number of halogens is 1. The van der Waals surface area contributed by atoms with Gasteiger partial charge < -0.3 is 9.84 Å². The van der Waals surface area contributed by atoms with Crippen LogP contribution in [-0.4, -0.2) is 18.3 Å². The summed E-state index contributed by atoms with van der Waals surface area (Å²) in [5, 5.41) is 9.46. The quantitative estimate of drug-likeness (QED) is 0.906. The summed E-state index contributed by atoms with van der Waals surface area (Å²) in [6.07, 6.45) is 0.138. The third-order valence-electron chi connectivity index (χ3n) is 2.81. The van der Waals surface area contributed by atoms with Gasteiger partial charge in [0, 0.05) is 16.2 Å². The zero-order valence-corrected chi connectivity index (χ0v) is 12.3. The molecule has 4 heteroatoms. The van der Waals surface area contributed by atoms with Crippen molar-refractivity contribution in [2.45, 2.75) is 29.2 Å². The van der Waals surface area contributed by atoms with Gasteiger partial charge in [-0.25, -0.2) is 4.39 Å². The predicted octanol–water partition coefficient (Wildman–Crippen LogP) is 3.91. The van der Waals surface area contributed by atoms with Gasteiger partial charge in [-0.3, -0.25) is 0 Å². The SMILES string of the molecule is COc1cc(Sc2cccc(F)c2)ccc1CC(C)O. The number of hydrogen-bond donors (Lipinski definition) is 1. The highest BCUT2D eigenvalue weighted by Gasteiger charge is 2.08. The van der Waals surface area contributed by atoms with Gasteiger partial charge in [-0.15, -0.1) is 0 Å². The average molecular weight is 292 g/mol. The molecule has 106 valence electrons. The number of hydrogen-bond acceptors (Lipinski definition) is 3. The smallest absolute Gasteiger partial charge is 0.124 e. The number of aliphatic hydroxyl groups is 1. The number of benzene rings is 2. The molecule has 2 nitrogen and oxygen atoms in total. The average Bonchev–Trinajstić information content (AvgIpc) is 2.40. The van der Waals surface area contributed by atoms with Gasteiger partial charge in [-0.1, -0.05) is 23.9 Å². The van der Waals surface area contributed by atoms with Crippen molar-refractivity contribution in [3.05, 3.63) is 53.8 Å². The first-order valence-electron chi connectivity index (χ1n) is 6.37. The lowest BCUT2D eigenvalue weighted by Gasteiger charge is -2.12. The van der Waals surface area contributed by atoms with Crippen LogP contribution in [0.25, 0.3) is 0 Å². The number of ether oxygens (including phenoxy) is 1. The normalized spacial score (nSPS) is 12.2. The molecule has 2 rings (SSSR count). The second kappa shape index (κ2) is 6.77. The van der Waals surface area contributed by atoms with E-state index >= 15 is 0 Å². The Hall–Kier alpha value is -1.52. The van der Waals surface area contributed by atoms with E-state index in [0.717, 1.165) is 21.1 Å². The van der Waals surface area contributed by atoms with Crippen LogP contribution in [0.5, 0.6) is 5.75 Å². The molecule has 0 saturated heterocycles. The topological polar surface area (TPSA) is 29.5 Å². The summed E-state index contributed by atoms with van der Waals surface area (Å²) in [5.74, 6) is 0.500. The van der Waals surface area contributed by atoms with E-state index in [-0.39, 0.29) is 5.82 Å². The Morgan fingerprint density at radius 2 is 1.95 bits per heavy atom. The molecule has 0 aromatic heterocycles. The summed E-state index contributed by atoms with van der Waals surface area (Å²) in [4.78, 5) is 1.82. The van der Waals surface area contributed by atoms with Crippen LogP contribution < -0.4 is 4.74 Å². The molecule has 1 unspecified atom stereocenters. The van der Waals surface area contributed by atoms with Gasteiger partial charge in [0.05, 0.1) is 13.2 Å². The first kappa shape index (κ1) is 14.9. The largest absolute Gasteiger partial charge is 0.496 e. The molecule has 20 heavy (non-hydrogen) atoms. The molecule has 0 saturated carbocycles.